The molecule has 0 aliphatic carbocycles. The molecule has 0 unspecified atom stereocenters. The van der Waals surface area contributed by atoms with Gasteiger partial charge >= 0.3 is 0 Å². The van der Waals surface area contributed by atoms with Crippen LogP contribution >= 0.6 is 11.3 Å². The lowest BCUT2D eigenvalue weighted by Gasteiger charge is -2.01. The van der Waals surface area contributed by atoms with Gasteiger partial charge < -0.3 is 5.32 Å². The van der Waals surface area contributed by atoms with E-state index in [4.69, 9.17) is 5.26 Å². The van der Waals surface area contributed by atoms with Gasteiger partial charge in [0.25, 0.3) is 5.91 Å². The van der Waals surface area contributed by atoms with Gasteiger partial charge in [-0.05, 0) is 19.4 Å². The second kappa shape index (κ2) is 4.94. The third kappa shape index (κ3) is 2.21. The first-order valence-corrected chi connectivity index (χ1v) is 6.02. The number of carbonyl (C=O) groups is 1. The minimum absolute atomic E-state index is 0.227. The molecular weight excluding hydrogens is 248 g/mol. The molecule has 0 aliphatic rings. The lowest BCUT2D eigenvalue weighted by Crippen LogP contribution is -2.13. The fourth-order valence-electron chi connectivity index (χ4n) is 1.43. The van der Waals surface area contributed by atoms with E-state index >= 15 is 0 Å². The fourth-order valence-corrected chi connectivity index (χ4v) is 2.44. The Balaban J connectivity index is 2.28. The molecule has 0 saturated carbocycles. The highest BCUT2D eigenvalue weighted by Crippen LogP contribution is 2.31. The number of rotatable bonds is 2. The van der Waals surface area contributed by atoms with Crippen LogP contribution in [0.4, 0.5) is 5.00 Å². The summed E-state index contributed by atoms with van der Waals surface area (Å²) in [6, 6.07) is 2.10. The summed E-state index contributed by atoms with van der Waals surface area (Å²) >= 11 is 1.39. The third-order valence-corrected chi connectivity index (χ3v) is 3.64. The summed E-state index contributed by atoms with van der Waals surface area (Å²) in [5.74, 6) is -0.360. The topological polar surface area (TPSA) is 78.7 Å². The quantitative estimate of drug-likeness (QED) is 0.896. The first kappa shape index (κ1) is 12.2. The van der Waals surface area contributed by atoms with E-state index < -0.39 is 0 Å². The van der Waals surface area contributed by atoms with E-state index in [9.17, 15) is 4.79 Å². The van der Waals surface area contributed by atoms with E-state index in [0.29, 0.717) is 10.6 Å². The molecule has 0 spiro atoms. The Morgan fingerprint density at radius 3 is 2.83 bits per heavy atom. The van der Waals surface area contributed by atoms with Crippen molar-refractivity contribution in [2.24, 2.45) is 0 Å². The fraction of sp³-hybridized carbons (Fsp3) is 0.167. The Bertz CT molecular complexity index is 628. The maximum atomic E-state index is 11.9. The van der Waals surface area contributed by atoms with Gasteiger partial charge in [-0.2, -0.15) is 5.26 Å². The van der Waals surface area contributed by atoms with Crippen molar-refractivity contribution in [3.63, 3.8) is 0 Å². The van der Waals surface area contributed by atoms with Crippen LogP contribution in [-0.2, 0) is 0 Å². The number of nitriles is 1. The summed E-state index contributed by atoms with van der Waals surface area (Å²) in [5.41, 5.74) is 1.64. The molecule has 1 N–H and O–H groups in total. The molecule has 5 nitrogen and oxygen atoms in total. The molecule has 0 bridgehead atoms. The summed E-state index contributed by atoms with van der Waals surface area (Å²) in [7, 11) is 0. The lowest BCUT2D eigenvalue weighted by molar-refractivity contribution is 0.102. The summed E-state index contributed by atoms with van der Waals surface area (Å²) in [6.45, 7) is 3.78. The highest BCUT2D eigenvalue weighted by Gasteiger charge is 2.15. The molecule has 0 aliphatic heterocycles. The molecule has 0 fully saturated rings. The van der Waals surface area contributed by atoms with Crippen molar-refractivity contribution >= 4 is 22.2 Å². The van der Waals surface area contributed by atoms with Crippen molar-refractivity contribution < 1.29 is 4.79 Å². The smallest absolute Gasteiger partial charge is 0.276 e. The molecule has 0 aromatic carbocycles. The molecular formula is C12H10N4OS. The average Bonchev–Trinajstić information content (AvgIpc) is 2.65. The minimum atomic E-state index is -0.360. The van der Waals surface area contributed by atoms with Crippen molar-refractivity contribution in [1.82, 2.24) is 9.97 Å². The van der Waals surface area contributed by atoms with Crippen LogP contribution in [0.3, 0.4) is 0 Å². The van der Waals surface area contributed by atoms with Crippen LogP contribution in [0.5, 0.6) is 0 Å². The van der Waals surface area contributed by atoms with E-state index in [-0.39, 0.29) is 11.6 Å². The average molecular weight is 258 g/mol. The Kier molecular flexibility index (Phi) is 3.35. The van der Waals surface area contributed by atoms with Crippen LogP contribution in [0.2, 0.25) is 0 Å². The van der Waals surface area contributed by atoms with E-state index in [1.807, 2.05) is 13.8 Å². The Labute approximate surface area is 108 Å². The second-order valence-electron chi connectivity index (χ2n) is 3.64. The summed E-state index contributed by atoms with van der Waals surface area (Å²) in [6.07, 6.45) is 4.33. The molecule has 0 atom stereocenters. The maximum absolute atomic E-state index is 11.9. The number of aryl methyl sites for hydroxylation is 1. The van der Waals surface area contributed by atoms with Gasteiger partial charge in [-0.1, -0.05) is 0 Å². The number of carbonyl (C=O) groups excluding carboxylic acids is 1. The van der Waals surface area contributed by atoms with E-state index in [2.05, 4.69) is 21.4 Å². The van der Waals surface area contributed by atoms with Crippen LogP contribution < -0.4 is 5.32 Å². The minimum Gasteiger partial charge on any atom is -0.311 e. The van der Waals surface area contributed by atoms with Crippen molar-refractivity contribution in [3.8, 4) is 6.07 Å². The number of aromatic nitrogens is 2. The van der Waals surface area contributed by atoms with Crippen LogP contribution in [0.15, 0.2) is 18.6 Å². The first-order chi connectivity index (χ1) is 8.63. The van der Waals surface area contributed by atoms with Gasteiger partial charge in [-0.3, -0.25) is 9.78 Å². The molecule has 6 heteroatoms. The normalized spacial score (nSPS) is 9.83. The molecule has 2 heterocycles. The molecule has 0 radical (unpaired) electrons. The molecule has 18 heavy (non-hydrogen) atoms. The SMILES string of the molecule is Cc1sc(NC(=O)c2cnccn2)c(C#N)c1C. The molecule has 2 aromatic rings. The van der Waals surface area contributed by atoms with Gasteiger partial charge in [0.1, 0.15) is 16.8 Å². The standard InChI is InChI=1S/C12H10N4OS/c1-7-8(2)18-12(9(7)5-13)16-11(17)10-6-14-3-4-15-10/h3-4,6H,1-2H3,(H,16,17). The van der Waals surface area contributed by atoms with E-state index in [0.717, 1.165) is 10.4 Å². The molecule has 0 saturated heterocycles. The predicted octanol–water partition coefficient (Wildman–Crippen LogP) is 2.28. The van der Waals surface area contributed by atoms with Crippen LogP contribution in [0, 0.1) is 25.2 Å². The van der Waals surface area contributed by atoms with Crippen LogP contribution in [0.1, 0.15) is 26.5 Å². The van der Waals surface area contributed by atoms with Gasteiger partial charge in [0, 0.05) is 17.3 Å². The van der Waals surface area contributed by atoms with Gasteiger partial charge in [0.2, 0.25) is 0 Å². The number of amides is 1. The highest BCUT2D eigenvalue weighted by atomic mass is 32.1. The third-order valence-electron chi connectivity index (χ3n) is 2.52. The Hall–Kier alpha value is -2.26. The van der Waals surface area contributed by atoms with Gasteiger partial charge in [0.15, 0.2) is 0 Å². The molecule has 1 amide bonds. The largest absolute Gasteiger partial charge is 0.311 e. The number of hydrogen-bond donors (Lipinski definition) is 1. The Morgan fingerprint density at radius 2 is 2.22 bits per heavy atom. The molecule has 2 aromatic heterocycles. The highest BCUT2D eigenvalue weighted by molar-refractivity contribution is 7.16. The van der Waals surface area contributed by atoms with Crippen molar-refractivity contribution in [2.45, 2.75) is 13.8 Å². The van der Waals surface area contributed by atoms with Crippen LogP contribution in [0.25, 0.3) is 0 Å². The summed E-state index contributed by atoms with van der Waals surface area (Å²) in [5, 5.41) is 12.3. The zero-order valence-electron chi connectivity index (χ0n) is 9.89. The number of nitrogens with one attached hydrogen (secondary N) is 1. The zero-order valence-corrected chi connectivity index (χ0v) is 10.7. The molecule has 90 valence electrons. The first-order valence-electron chi connectivity index (χ1n) is 5.21. The van der Waals surface area contributed by atoms with Crippen molar-refractivity contribution in [3.05, 3.63) is 40.3 Å². The number of anilines is 1. The number of thiophene rings is 1. The van der Waals surface area contributed by atoms with Gasteiger partial charge in [-0.25, -0.2) is 4.98 Å². The second-order valence-corrected chi connectivity index (χ2v) is 4.87. The van der Waals surface area contributed by atoms with E-state index in [1.165, 1.54) is 29.9 Å². The molecule has 2 rings (SSSR count). The van der Waals surface area contributed by atoms with Crippen molar-refractivity contribution in [1.29, 1.82) is 5.26 Å². The summed E-state index contributed by atoms with van der Waals surface area (Å²) in [4.78, 5) is 20.6. The lowest BCUT2D eigenvalue weighted by atomic mass is 10.2. The maximum Gasteiger partial charge on any atom is 0.276 e. The monoisotopic (exact) mass is 258 g/mol. The Morgan fingerprint density at radius 1 is 1.44 bits per heavy atom. The van der Waals surface area contributed by atoms with Gasteiger partial charge in [-0.15, -0.1) is 11.3 Å². The number of hydrogen-bond acceptors (Lipinski definition) is 5. The van der Waals surface area contributed by atoms with Crippen LogP contribution in [-0.4, -0.2) is 15.9 Å². The van der Waals surface area contributed by atoms with Gasteiger partial charge in [0.05, 0.1) is 11.8 Å². The van der Waals surface area contributed by atoms with Crippen molar-refractivity contribution in [2.75, 3.05) is 5.32 Å². The number of nitrogens with zero attached hydrogens (tertiary/aromatic N) is 3. The predicted molar refractivity (Wildman–Crippen MR) is 68.5 cm³/mol. The van der Waals surface area contributed by atoms with E-state index in [1.54, 1.807) is 0 Å². The summed E-state index contributed by atoms with van der Waals surface area (Å²) < 4.78 is 0. The zero-order chi connectivity index (χ0) is 13.1.